The Kier molecular flexibility index (Phi) is 17.3. The highest BCUT2D eigenvalue weighted by Gasteiger charge is 2.36. The molecular weight excluding hydrogens is 354 g/mol. The molecule has 0 aliphatic heterocycles. The van der Waals surface area contributed by atoms with Crippen molar-refractivity contribution in [3.63, 3.8) is 0 Å². The topological polar surface area (TPSA) is 123 Å². The van der Waals surface area contributed by atoms with Crippen molar-refractivity contribution < 1.29 is 14.4 Å². The standard InChI is InChI=1S/C19H34.3CHNO/c1-4-10-16(11-5-1)19(17-12-6-2-7-13-17)18-14-8-3-9-15-18;3*2-1-3/h16-19H,1-15H2;3*2H. The first-order valence-electron chi connectivity index (χ1n) is 10.8. The first-order chi connectivity index (χ1) is 13.7. The fourth-order valence-electron chi connectivity index (χ4n) is 5.71. The van der Waals surface area contributed by atoms with Crippen LogP contribution in [0.15, 0.2) is 0 Å². The zero-order valence-electron chi connectivity index (χ0n) is 17.1. The second-order valence-corrected chi connectivity index (χ2v) is 8.08. The Morgan fingerprint density at radius 2 is 0.643 bits per heavy atom. The SMILES string of the molecule is C1CCC(C(C2CCCCC2)C2CCCCC2)CC1.N=C=O.N=C=O.N=C=O. The molecule has 158 valence electrons. The molecule has 3 aliphatic carbocycles. The number of isocyanates is 3. The molecule has 3 aliphatic rings. The van der Waals surface area contributed by atoms with Gasteiger partial charge in [-0.2, -0.15) is 0 Å². The average molecular weight is 392 g/mol. The molecule has 0 aromatic carbocycles. The van der Waals surface area contributed by atoms with Crippen LogP contribution in [0.4, 0.5) is 0 Å². The van der Waals surface area contributed by atoms with Crippen molar-refractivity contribution in [2.45, 2.75) is 96.3 Å². The van der Waals surface area contributed by atoms with E-state index in [9.17, 15) is 0 Å². The molecule has 3 N–H and O–H groups in total. The summed E-state index contributed by atoms with van der Waals surface area (Å²) in [6.07, 6.45) is 25.6. The third kappa shape index (κ3) is 11.1. The lowest BCUT2D eigenvalue weighted by Crippen LogP contribution is -2.34. The average Bonchev–Trinajstić information content (AvgIpc) is 2.73. The van der Waals surface area contributed by atoms with Crippen molar-refractivity contribution in [2.75, 3.05) is 0 Å². The highest BCUT2D eigenvalue weighted by molar-refractivity contribution is 5.26. The van der Waals surface area contributed by atoms with Gasteiger partial charge in [-0.3, -0.25) is 0 Å². The Morgan fingerprint density at radius 3 is 0.821 bits per heavy atom. The van der Waals surface area contributed by atoms with Gasteiger partial charge in [-0.15, -0.1) is 0 Å². The van der Waals surface area contributed by atoms with Gasteiger partial charge in [-0.25, -0.2) is 30.6 Å². The van der Waals surface area contributed by atoms with Crippen LogP contribution in [-0.4, -0.2) is 18.2 Å². The van der Waals surface area contributed by atoms with E-state index in [1.165, 1.54) is 19.3 Å². The molecule has 0 heterocycles. The van der Waals surface area contributed by atoms with E-state index in [2.05, 4.69) is 0 Å². The van der Waals surface area contributed by atoms with Gasteiger partial charge < -0.3 is 0 Å². The molecule has 0 unspecified atom stereocenters. The number of hydrogen-bond donors (Lipinski definition) is 3. The van der Waals surface area contributed by atoms with Crippen LogP contribution in [0.25, 0.3) is 0 Å². The number of carbonyl (C=O) groups excluding carboxylic acids is 3. The van der Waals surface area contributed by atoms with Gasteiger partial charge in [0.15, 0.2) is 0 Å². The molecular formula is C22H37N3O3. The van der Waals surface area contributed by atoms with E-state index in [-0.39, 0.29) is 0 Å². The maximum atomic E-state index is 8.35. The minimum absolute atomic E-state index is 0.750. The quantitative estimate of drug-likeness (QED) is 0.401. The Morgan fingerprint density at radius 1 is 0.464 bits per heavy atom. The van der Waals surface area contributed by atoms with Gasteiger partial charge in [-0.1, -0.05) is 96.3 Å². The molecule has 0 radical (unpaired) electrons. The van der Waals surface area contributed by atoms with Crippen LogP contribution in [0.1, 0.15) is 96.3 Å². The van der Waals surface area contributed by atoms with Crippen molar-refractivity contribution in [2.24, 2.45) is 23.7 Å². The van der Waals surface area contributed by atoms with E-state index in [4.69, 9.17) is 30.6 Å². The fraction of sp³-hybridized carbons (Fsp3) is 0.864. The van der Waals surface area contributed by atoms with E-state index in [1.807, 2.05) is 0 Å². The fourth-order valence-corrected chi connectivity index (χ4v) is 5.71. The predicted molar refractivity (Wildman–Crippen MR) is 108 cm³/mol. The van der Waals surface area contributed by atoms with E-state index in [0.29, 0.717) is 0 Å². The third-order valence-electron chi connectivity index (χ3n) is 6.58. The summed E-state index contributed by atoms with van der Waals surface area (Å²) >= 11 is 0. The molecule has 3 rings (SSSR count). The van der Waals surface area contributed by atoms with Crippen molar-refractivity contribution in [3.8, 4) is 0 Å². The van der Waals surface area contributed by atoms with E-state index in [1.54, 1.807) is 77.0 Å². The summed E-state index contributed by atoms with van der Waals surface area (Å²) in [7, 11) is 0. The molecule has 3 fully saturated rings. The Balaban J connectivity index is 0.000000695. The van der Waals surface area contributed by atoms with Gasteiger partial charge in [-0.05, 0) is 23.7 Å². The highest BCUT2D eigenvalue weighted by Crippen LogP contribution is 2.47. The second kappa shape index (κ2) is 18.5. The minimum Gasteiger partial charge on any atom is -0.222 e. The van der Waals surface area contributed by atoms with Crippen molar-refractivity contribution in [1.82, 2.24) is 0 Å². The van der Waals surface area contributed by atoms with Gasteiger partial charge in [0.05, 0.1) is 0 Å². The van der Waals surface area contributed by atoms with Gasteiger partial charge in [0, 0.05) is 0 Å². The van der Waals surface area contributed by atoms with Crippen LogP contribution in [-0.2, 0) is 14.4 Å². The number of rotatable bonds is 3. The summed E-state index contributed by atoms with van der Waals surface area (Å²) in [6, 6.07) is 0. The zero-order valence-corrected chi connectivity index (χ0v) is 17.1. The lowest BCUT2D eigenvalue weighted by Gasteiger charge is -2.44. The summed E-state index contributed by atoms with van der Waals surface area (Å²) in [4.78, 5) is 25.0. The van der Waals surface area contributed by atoms with Gasteiger partial charge in [0.1, 0.15) is 0 Å². The van der Waals surface area contributed by atoms with E-state index in [0.717, 1.165) is 41.9 Å². The number of nitrogens with one attached hydrogen (secondary N) is 3. The van der Waals surface area contributed by atoms with Crippen molar-refractivity contribution in [1.29, 1.82) is 16.2 Å². The normalized spacial score (nSPS) is 20.5. The van der Waals surface area contributed by atoms with Crippen LogP contribution < -0.4 is 0 Å². The summed E-state index contributed by atoms with van der Waals surface area (Å²) in [5, 5.41) is 16.2. The molecule has 0 aromatic rings. The molecule has 0 atom stereocenters. The molecule has 0 bridgehead atoms. The molecule has 0 amide bonds. The zero-order chi connectivity index (χ0) is 21.0. The number of hydrogen-bond acceptors (Lipinski definition) is 6. The molecule has 3 saturated carbocycles. The van der Waals surface area contributed by atoms with Gasteiger partial charge >= 0.3 is 0 Å². The first kappa shape index (κ1) is 26.1. The first-order valence-corrected chi connectivity index (χ1v) is 10.8. The third-order valence-corrected chi connectivity index (χ3v) is 6.58. The van der Waals surface area contributed by atoms with Crippen molar-refractivity contribution >= 4 is 18.2 Å². The Hall–Kier alpha value is -1.86. The largest absolute Gasteiger partial charge is 0.231 e. The van der Waals surface area contributed by atoms with Crippen molar-refractivity contribution in [3.05, 3.63) is 0 Å². The maximum absolute atomic E-state index is 8.35. The van der Waals surface area contributed by atoms with Crippen LogP contribution in [0, 0.1) is 39.9 Å². The van der Waals surface area contributed by atoms with Crippen LogP contribution in [0.5, 0.6) is 0 Å². The summed E-state index contributed by atoms with van der Waals surface area (Å²) in [5.41, 5.74) is 0. The lowest BCUT2D eigenvalue weighted by molar-refractivity contribution is 0.0673. The van der Waals surface area contributed by atoms with Crippen LogP contribution in [0.2, 0.25) is 0 Å². The monoisotopic (exact) mass is 391 g/mol. The summed E-state index contributed by atoms with van der Waals surface area (Å²) in [5.74, 6) is 4.51. The lowest BCUT2D eigenvalue weighted by atomic mass is 9.62. The molecule has 0 aromatic heterocycles. The maximum Gasteiger partial charge on any atom is 0.231 e. The van der Waals surface area contributed by atoms with E-state index < -0.39 is 0 Å². The van der Waals surface area contributed by atoms with Crippen LogP contribution in [0.3, 0.4) is 0 Å². The Labute approximate surface area is 169 Å². The predicted octanol–water partition coefficient (Wildman–Crippen LogP) is 6.05. The van der Waals surface area contributed by atoms with E-state index >= 15 is 0 Å². The minimum atomic E-state index is 0.750. The summed E-state index contributed by atoms with van der Waals surface area (Å²) in [6.45, 7) is 0. The molecule has 6 nitrogen and oxygen atoms in total. The second-order valence-electron chi connectivity index (χ2n) is 8.08. The smallest absolute Gasteiger partial charge is 0.222 e. The summed E-state index contributed by atoms with van der Waals surface area (Å²) < 4.78 is 0. The molecule has 0 spiro atoms. The molecule has 6 heteroatoms. The highest BCUT2D eigenvalue weighted by atomic mass is 16.1. The van der Waals surface area contributed by atoms with Gasteiger partial charge in [0.2, 0.25) is 18.2 Å². The van der Waals surface area contributed by atoms with Crippen LogP contribution >= 0.6 is 0 Å². The molecule has 0 saturated heterocycles. The Bertz CT molecular complexity index is 402. The molecule has 28 heavy (non-hydrogen) atoms. The van der Waals surface area contributed by atoms with Gasteiger partial charge in [0.25, 0.3) is 0 Å².